The summed E-state index contributed by atoms with van der Waals surface area (Å²) >= 11 is 0. The first-order chi connectivity index (χ1) is 28.4. The summed E-state index contributed by atoms with van der Waals surface area (Å²) in [4.78, 5) is 54.9. The van der Waals surface area contributed by atoms with Crippen LogP contribution in [0.5, 0.6) is 5.75 Å². The van der Waals surface area contributed by atoms with Crippen molar-refractivity contribution < 1.29 is 32.7 Å². The number of phenolic OH excluding ortho intramolecular Hbond substituents is 1. The minimum atomic E-state index is -1.78. The van der Waals surface area contributed by atoms with Gasteiger partial charge in [-0.15, -0.1) is 0 Å². The van der Waals surface area contributed by atoms with E-state index in [1.54, 1.807) is 11.6 Å². The molecule has 3 aliphatic heterocycles. The van der Waals surface area contributed by atoms with E-state index in [1.165, 1.54) is 10.3 Å². The maximum absolute atomic E-state index is 14.1. The standard InChI is InChI=1S/C43H47F3N8O5/c1-50-36-15-24(6-11-34(36)54(43(50)59)35-12-13-37(55)48-42(35)58)3-2-14-51-19-27-21-52(22-28(27)20-51)30-10-7-26-23-53(49-33(26)16-30)29-8-4-25(5-9-29)18-47-41(57)31-17-32(44)40(56)39(46)38(31)45/h6-7,10-11,15-17,23,25,27-29,35,56H,2-5,8-9,12-14,18-22H2,1H3,(H,47,57)(H,48,55,58)/t25?,27-,28-,29?,35+/m0/s1. The average Bonchev–Trinajstić information content (AvgIpc) is 3.99. The molecule has 13 nitrogen and oxygen atoms in total. The Morgan fingerprint density at radius 3 is 2.42 bits per heavy atom. The topological polar surface area (TPSA) is 147 Å². The minimum absolute atomic E-state index is 0.133. The second kappa shape index (κ2) is 15.5. The van der Waals surface area contributed by atoms with Crippen molar-refractivity contribution in [2.24, 2.45) is 24.8 Å². The van der Waals surface area contributed by atoms with E-state index >= 15 is 0 Å². The van der Waals surface area contributed by atoms with Gasteiger partial charge in [-0.1, -0.05) is 6.07 Å². The number of imidazole rings is 1. The number of amides is 3. The number of carbonyl (C=O) groups is 3. The Hall–Kier alpha value is -5.64. The minimum Gasteiger partial charge on any atom is -0.503 e. The Balaban J connectivity index is 0.742. The third kappa shape index (κ3) is 7.36. The molecule has 3 amide bonds. The van der Waals surface area contributed by atoms with Gasteiger partial charge in [0.15, 0.2) is 17.4 Å². The largest absolute Gasteiger partial charge is 0.503 e. The maximum Gasteiger partial charge on any atom is 0.329 e. The molecule has 9 rings (SSSR count). The van der Waals surface area contributed by atoms with Gasteiger partial charge in [0.1, 0.15) is 6.04 Å². The summed E-state index contributed by atoms with van der Waals surface area (Å²) in [5.41, 5.74) is 3.75. The van der Waals surface area contributed by atoms with Gasteiger partial charge in [-0.3, -0.25) is 33.5 Å². The number of hydrogen-bond acceptors (Lipinski definition) is 8. The van der Waals surface area contributed by atoms with Gasteiger partial charge in [-0.05, 0) is 111 Å². The molecule has 16 heteroatoms. The van der Waals surface area contributed by atoms with Crippen molar-refractivity contribution in [1.82, 2.24) is 34.4 Å². The van der Waals surface area contributed by atoms with E-state index in [0.717, 1.165) is 93.2 Å². The number of nitrogens with one attached hydrogen (secondary N) is 2. The molecule has 5 heterocycles. The van der Waals surface area contributed by atoms with Crippen LogP contribution < -0.4 is 21.2 Å². The summed E-state index contributed by atoms with van der Waals surface area (Å²) in [6.07, 6.45) is 7.82. The van der Waals surface area contributed by atoms with Gasteiger partial charge in [0.25, 0.3) is 5.91 Å². The summed E-state index contributed by atoms with van der Waals surface area (Å²) in [6.45, 7) is 5.40. The molecule has 0 bridgehead atoms. The Labute approximate surface area is 337 Å². The van der Waals surface area contributed by atoms with Gasteiger partial charge >= 0.3 is 5.69 Å². The van der Waals surface area contributed by atoms with E-state index in [-0.39, 0.29) is 36.5 Å². The van der Waals surface area contributed by atoms with Crippen LogP contribution in [-0.2, 0) is 23.1 Å². The van der Waals surface area contributed by atoms with E-state index in [1.807, 2.05) is 22.9 Å². The molecule has 1 saturated carbocycles. The number of anilines is 1. The zero-order valence-electron chi connectivity index (χ0n) is 32.8. The van der Waals surface area contributed by atoms with Crippen molar-refractivity contribution in [3.8, 4) is 5.75 Å². The lowest BCUT2D eigenvalue weighted by Crippen LogP contribution is -2.44. The lowest BCUT2D eigenvalue weighted by Gasteiger charge is -2.28. The van der Waals surface area contributed by atoms with Crippen molar-refractivity contribution in [3.63, 3.8) is 0 Å². The van der Waals surface area contributed by atoms with Crippen molar-refractivity contribution in [3.05, 3.63) is 87.7 Å². The molecule has 0 spiro atoms. The first-order valence-corrected chi connectivity index (χ1v) is 20.6. The van der Waals surface area contributed by atoms with Gasteiger partial charge in [-0.2, -0.15) is 9.49 Å². The van der Waals surface area contributed by atoms with Crippen LogP contribution >= 0.6 is 0 Å². The van der Waals surface area contributed by atoms with E-state index in [2.05, 4.69) is 44.8 Å². The van der Waals surface area contributed by atoms with Crippen LogP contribution in [0.2, 0.25) is 0 Å². The fourth-order valence-electron chi connectivity index (χ4n) is 9.89. The molecule has 4 aliphatic rings. The molecule has 3 aromatic carbocycles. The highest BCUT2D eigenvalue weighted by atomic mass is 19.2. The highest BCUT2D eigenvalue weighted by Crippen LogP contribution is 2.37. The predicted octanol–water partition coefficient (Wildman–Crippen LogP) is 4.95. The molecule has 2 aromatic heterocycles. The van der Waals surface area contributed by atoms with Crippen LogP contribution in [0.25, 0.3) is 21.9 Å². The maximum atomic E-state index is 14.1. The Morgan fingerprint density at radius 2 is 1.68 bits per heavy atom. The molecule has 0 unspecified atom stereocenters. The summed E-state index contributed by atoms with van der Waals surface area (Å²) in [5, 5.41) is 20.3. The number of aryl methyl sites for hydroxylation is 2. The first kappa shape index (κ1) is 38.9. The van der Waals surface area contributed by atoms with Gasteiger partial charge in [0, 0.05) is 63.5 Å². The third-order valence-electron chi connectivity index (χ3n) is 13.2. The number of rotatable bonds is 10. The van der Waals surface area contributed by atoms with E-state index < -0.39 is 46.6 Å². The summed E-state index contributed by atoms with van der Waals surface area (Å²) < 4.78 is 46.8. The van der Waals surface area contributed by atoms with Crippen molar-refractivity contribution >= 4 is 45.3 Å². The van der Waals surface area contributed by atoms with Crippen LogP contribution in [0.15, 0.2) is 53.5 Å². The van der Waals surface area contributed by atoms with Crippen molar-refractivity contribution in [1.29, 1.82) is 0 Å². The number of nitrogens with zero attached hydrogens (tertiary/aromatic N) is 6. The Morgan fingerprint density at radius 1 is 0.915 bits per heavy atom. The number of carbonyl (C=O) groups excluding carboxylic acids is 3. The van der Waals surface area contributed by atoms with Crippen LogP contribution in [0, 0.1) is 35.2 Å². The number of phenols is 1. The third-order valence-corrected chi connectivity index (χ3v) is 13.2. The van der Waals surface area contributed by atoms with Crippen molar-refractivity contribution in [2.45, 2.75) is 63.5 Å². The molecular weight excluding hydrogens is 766 g/mol. The normalized spacial score (nSPS) is 23.7. The number of halogens is 3. The van der Waals surface area contributed by atoms with Crippen LogP contribution in [0.4, 0.5) is 18.9 Å². The molecule has 0 radical (unpaired) electrons. The van der Waals surface area contributed by atoms with Gasteiger partial charge in [-0.25, -0.2) is 13.6 Å². The van der Waals surface area contributed by atoms with Crippen LogP contribution in [-0.4, -0.2) is 85.9 Å². The molecule has 3 atom stereocenters. The summed E-state index contributed by atoms with van der Waals surface area (Å²) in [6, 6.07) is 12.6. The first-order valence-electron chi connectivity index (χ1n) is 20.6. The number of likely N-dealkylation sites (tertiary alicyclic amines) is 1. The molecular formula is C43H47F3N8O5. The van der Waals surface area contributed by atoms with E-state index in [9.17, 15) is 37.5 Å². The molecule has 3 saturated heterocycles. The zero-order valence-corrected chi connectivity index (χ0v) is 32.8. The molecule has 1 aliphatic carbocycles. The number of benzene rings is 3. The molecule has 59 heavy (non-hydrogen) atoms. The number of aromatic hydroxyl groups is 1. The fourth-order valence-corrected chi connectivity index (χ4v) is 9.89. The van der Waals surface area contributed by atoms with E-state index in [4.69, 9.17) is 5.10 Å². The van der Waals surface area contributed by atoms with Gasteiger partial charge in [0.2, 0.25) is 17.6 Å². The second-order valence-electron chi connectivity index (χ2n) is 16.9. The van der Waals surface area contributed by atoms with Crippen molar-refractivity contribution in [2.75, 3.05) is 44.2 Å². The van der Waals surface area contributed by atoms with Gasteiger partial charge < -0.3 is 20.2 Å². The molecule has 5 aromatic rings. The monoisotopic (exact) mass is 812 g/mol. The van der Waals surface area contributed by atoms with Gasteiger partial charge in [0.05, 0.1) is 28.2 Å². The molecule has 4 fully saturated rings. The Bertz CT molecular complexity index is 2530. The molecule has 3 N–H and O–H groups in total. The number of hydrogen-bond donors (Lipinski definition) is 3. The molecule has 310 valence electrons. The average molecular weight is 813 g/mol. The highest BCUT2D eigenvalue weighted by Gasteiger charge is 2.40. The second-order valence-corrected chi connectivity index (χ2v) is 16.9. The quantitative estimate of drug-likeness (QED) is 0.133. The lowest BCUT2D eigenvalue weighted by molar-refractivity contribution is -0.135. The number of aromatic nitrogens is 4. The summed E-state index contributed by atoms with van der Waals surface area (Å²) in [7, 11) is 1.72. The predicted molar refractivity (Wildman–Crippen MR) is 214 cm³/mol. The highest BCUT2D eigenvalue weighted by molar-refractivity contribution is 6.00. The van der Waals surface area contributed by atoms with Crippen LogP contribution in [0.1, 0.15) is 73.0 Å². The number of piperidine rings is 1. The Kier molecular flexibility index (Phi) is 10.2. The fraction of sp³-hybridized carbons (Fsp3) is 0.465. The number of fused-ring (bicyclic) bond motifs is 3. The lowest BCUT2D eigenvalue weighted by atomic mass is 9.86. The number of imide groups is 1. The van der Waals surface area contributed by atoms with Crippen LogP contribution in [0.3, 0.4) is 0 Å². The van der Waals surface area contributed by atoms with E-state index in [0.29, 0.717) is 29.8 Å². The SMILES string of the molecule is Cn1c(=O)n([C@@H]2CCC(=O)NC2=O)c2ccc(CCCN3C[C@H]4CN(c5ccc6cn(C7CCC(CNC(=O)c8cc(F)c(O)c(F)c8F)CC7)nc6c5)C[C@@H]4C3)cc21. The summed E-state index contributed by atoms with van der Waals surface area (Å²) in [5.74, 6) is -6.50. The smallest absolute Gasteiger partial charge is 0.329 e. The zero-order chi connectivity index (χ0) is 41.1.